The summed E-state index contributed by atoms with van der Waals surface area (Å²) in [6, 6.07) is 9.80. The summed E-state index contributed by atoms with van der Waals surface area (Å²) in [5.74, 6) is 0.0192. The molecule has 18 heavy (non-hydrogen) atoms. The first-order chi connectivity index (χ1) is 8.74. The molecule has 1 unspecified atom stereocenters. The summed E-state index contributed by atoms with van der Waals surface area (Å²) in [5.41, 5.74) is 1.01. The summed E-state index contributed by atoms with van der Waals surface area (Å²) in [5, 5.41) is 9.52. The fourth-order valence-electron chi connectivity index (χ4n) is 1.87. The summed E-state index contributed by atoms with van der Waals surface area (Å²) >= 11 is 7.38. The van der Waals surface area contributed by atoms with Crippen molar-refractivity contribution in [3.8, 4) is 10.6 Å². The smallest absolute Gasteiger partial charge is 0.230 e. The second-order valence-electron chi connectivity index (χ2n) is 4.06. The third kappa shape index (κ3) is 2.11. The molecule has 0 aliphatic carbocycles. The Hall–Kier alpha value is -1.46. The van der Waals surface area contributed by atoms with Gasteiger partial charge in [-0.25, -0.2) is 0 Å². The third-order valence-electron chi connectivity index (χ3n) is 2.74. The molecular weight excluding hydrogens is 270 g/mol. The van der Waals surface area contributed by atoms with Gasteiger partial charge in [0.2, 0.25) is 11.0 Å². The Morgan fingerprint density at radius 2 is 2.06 bits per heavy atom. The number of benzene rings is 1. The van der Waals surface area contributed by atoms with Crippen LogP contribution in [0.3, 0.4) is 0 Å². The van der Waals surface area contributed by atoms with Gasteiger partial charge in [-0.15, -0.1) is 21.8 Å². The highest BCUT2D eigenvalue weighted by atomic mass is 35.5. The molecule has 1 aromatic heterocycles. The van der Waals surface area contributed by atoms with Crippen molar-refractivity contribution in [2.75, 3.05) is 11.4 Å². The molecule has 1 saturated heterocycles. The van der Waals surface area contributed by atoms with Crippen molar-refractivity contribution in [3.63, 3.8) is 0 Å². The molecule has 1 aliphatic rings. The summed E-state index contributed by atoms with van der Waals surface area (Å²) in [6.07, 6.45) is 0.377. The fourth-order valence-corrected chi connectivity index (χ4v) is 3.02. The Balaban J connectivity index is 1.88. The molecule has 3 rings (SSSR count). The van der Waals surface area contributed by atoms with E-state index in [2.05, 4.69) is 10.2 Å². The van der Waals surface area contributed by atoms with Crippen molar-refractivity contribution in [2.45, 2.75) is 11.8 Å². The van der Waals surface area contributed by atoms with Crippen molar-refractivity contribution in [2.24, 2.45) is 0 Å². The molecule has 4 nitrogen and oxygen atoms in total. The quantitative estimate of drug-likeness (QED) is 0.794. The minimum atomic E-state index is -0.124. The fraction of sp³-hybridized carbons (Fsp3) is 0.250. The molecule has 0 spiro atoms. The van der Waals surface area contributed by atoms with E-state index in [1.165, 1.54) is 11.3 Å². The summed E-state index contributed by atoms with van der Waals surface area (Å²) < 4.78 is 0. The first kappa shape index (κ1) is 11.6. The van der Waals surface area contributed by atoms with E-state index in [4.69, 9.17) is 11.6 Å². The summed E-state index contributed by atoms with van der Waals surface area (Å²) in [7, 11) is 0. The number of amides is 1. The minimum absolute atomic E-state index is 0.0192. The maximum absolute atomic E-state index is 11.7. The zero-order chi connectivity index (χ0) is 12.5. The van der Waals surface area contributed by atoms with Gasteiger partial charge in [0.25, 0.3) is 0 Å². The SMILES string of the molecule is O=C1CC(Cl)CN1c1nnc(-c2ccccc2)s1. The number of alkyl halides is 1. The maximum Gasteiger partial charge on any atom is 0.230 e. The molecule has 1 fully saturated rings. The standard InChI is InChI=1S/C12H10ClN3OS/c13-9-6-10(17)16(7-9)12-15-14-11(18-12)8-4-2-1-3-5-8/h1-5,9H,6-7H2. The van der Waals surface area contributed by atoms with Gasteiger partial charge in [-0.05, 0) is 0 Å². The molecule has 6 heteroatoms. The number of rotatable bonds is 2. The van der Waals surface area contributed by atoms with Gasteiger partial charge in [0.05, 0.1) is 5.38 Å². The van der Waals surface area contributed by atoms with E-state index in [0.717, 1.165) is 10.6 Å². The third-order valence-corrected chi connectivity index (χ3v) is 4.03. The lowest BCUT2D eigenvalue weighted by molar-refractivity contribution is -0.117. The van der Waals surface area contributed by atoms with Gasteiger partial charge < -0.3 is 0 Å². The lowest BCUT2D eigenvalue weighted by Gasteiger charge is -2.09. The van der Waals surface area contributed by atoms with Crippen LogP contribution in [0.5, 0.6) is 0 Å². The second-order valence-corrected chi connectivity index (χ2v) is 5.63. The Kier molecular flexibility index (Phi) is 3.01. The second kappa shape index (κ2) is 4.66. The number of halogens is 1. The molecule has 0 radical (unpaired) electrons. The van der Waals surface area contributed by atoms with Crippen LogP contribution >= 0.6 is 22.9 Å². The van der Waals surface area contributed by atoms with E-state index in [9.17, 15) is 4.79 Å². The van der Waals surface area contributed by atoms with Gasteiger partial charge in [-0.2, -0.15) is 0 Å². The van der Waals surface area contributed by atoms with Crippen LogP contribution in [0.25, 0.3) is 10.6 Å². The molecule has 0 bridgehead atoms. The van der Waals surface area contributed by atoms with Crippen molar-refractivity contribution in [1.29, 1.82) is 0 Å². The largest absolute Gasteiger partial charge is 0.285 e. The number of hydrogen-bond acceptors (Lipinski definition) is 4. The van der Waals surface area contributed by atoms with Gasteiger partial charge in [0.1, 0.15) is 5.01 Å². The number of aromatic nitrogens is 2. The molecule has 0 N–H and O–H groups in total. The van der Waals surface area contributed by atoms with Crippen LogP contribution in [0.2, 0.25) is 0 Å². The Bertz CT molecular complexity index is 572. The topological polar surface area (TPSA) is 46.1 Å². The van der Waals surface area contributed by atoms with E-state index >= 15 is 0 Å². The van der Waals surface area contributed by atoms with E-state index in [1.807, 2.05) is 30.3 Å². The highest BCUT2D eigenvalue weighted by molar-refractivity contribution is 7.18. The molecule has 0 saturated carbocycles. The highest BCUT2D eigenvalue weighted by Gasteiger charge is 2.31. The first-order valence-electron chi connectivity index (χ1n) is 5.57. The van der Waals surface area contributed by atoms with Crippen LogP contribution in [-0.2, 0) is 4.79 Å². The van der Waals surface area contributed by atoms with Crippen LogP contribution in [0.4, 0.5) is 5.13 Å². The Morgan fingerprint density at radius 1 is 1.28 bits per heavy atom. The average molecular weight is 280 g/mol. The van der Waals surface area contributed by atoms with Gasteiger partial charge >= 0.3 is 0 Å². The molecular formula is C12H10ClN3OS. The van der Waals surface area contributed by atoms with E-state index in [1.54, 1.807) is 4.90 Å². The minimum Gasteiger partial charge on any atom is -0.285 e. The van der Waals surface area contributed by atoms with Crippen LogP contribution in [0.15, 0.2) is 30.3 Å². The summed E-state index contributed by atoms with van der Waals surface area (Å²) in [6.45, 7) is 0.518. The molecule has 2 aromatic rings. The van der Waals surface area contributed by atoms with Gasteiger partial charge in [-0.1, -0.05) is 41.7 Å². The number of anilines is 1. The molecule has 1 aliphatic heterocycles. The lowest BCUT2D eigenvalue weighted by Crippen LogP contribution is -2.24. The molecule has 1 atom stereocenters. The molecule has 2 heterocycles. The van der Waals surface area contributed by atoms with E-state index < -0.39 is 0 Å². The maximum atomic E-state index is 11.7. The van der Waals surface area contributed by atoms with Crippen molar-refractivity contribution >= 4 is 34.0 Å². The number of hydrogen-bond donors (Lipinski definition) is 0. The van der Waals surface area contributed by atoms with Gasteiger partial charge in [0.15, 0.2) is 0 Å². The first-order valence-corrected chi connectivity index (χ1v) is 6.82. The summed E-state index contributed by atoms with van der Waals surface area (Å²) in [4.78, 5) is 13.3. The zero-order valence-electron chi connectivity index (χ0n) is 9.41. The zero-order valence-corrected chi connectivity index (χ0v) is 11.0. The van der Waals surface area contributed by atoms with Crippen LogP contribution < -0.4 is 4.90 Å². The number of nitrogens with zero attached hydrogens (tertiary/aromatic N) is 3. The van der Waals surface area contributed by atoms with Crippen molar-refractivity contribution in [3.05, 3.63) is 30.3 Å². The van der Waals surface area contributed by atoms with Gasteiger partial charge in [0, 0.05) is 18.5 Å². The lowest BCUT2D eigenvalue weighted by atomic mass is 10.2. The van der Waals surface area contributed by atoms with Gasteiger partial charge in [-0.3, -0.25) is 9.69 Å². The number of carbonyl (C=O) groups excluding carboxylic acids is 1. The molecule has 92 valence electrons. The monoisotopic (exact) mass is 279 g/mol. The highest BCUT2D eigenvalue weighted by Crippen LogP contribution is 2.31. The molecule has 1 amide bonds. The van der Waals surface area contributed by atoms with E-state index in [-0.39, 0.29) is 11.3 Å². The average Bonchev–Trinajstić information content (AvgIpc) is 2.97. The number of carbonyl (C=O) groups is 1. The predicted molar refractivity (Wildman–Crippen MR) is 72.0 cm³/mol. The van der Waals surface area contributed by atoms with Crippen LogP contribution in [0.1, 0.15) is 6.42 Å². The molecule has 1 aromatic carbocycles. The normalized spacial score (nSPS) is 19.5. The Labute approximate surface area is 113 Å². The van der Waals surface area contributed by atoms with Crippen LogP contribution in [-0.4, -0.2) is 28.0 Å². The van der Waals surface area contributed by atoms with Crippen molar-refractivity contribution in [1.82, 2.24) is 10.2 Å². The predicted octanol–water partition coefficient (Wildman–Crippen LogP) is 2.55. The van der Waals surface area contributed by atoms with Crippen LogP contribution in [0, 0.1) is 0 Å². The van der Waals surface area contributed by atoms with E-state index in [0.29, 0.717) is 18.1 Å². The van der Waals surface area contributed by atoms with Crippen molar-refractivity contribution < 1.29 is 4.79 Å². The Morgan fingerprint density at radius 3 is 2.72 bits per heavy atom.